The summed E-state index contributed by atoms with van der Waals surface area (Å²) in [5.41, 5.74) is 7.02. The average Bonchev–Trinajstić information content (AvgIpc) is 2.77. The predicted octanol–water partition coefficient (Wildman–Crippen LogP) is 0.546. The van der Waals surface area contributed by atoms with Crippen LogP contribution < -0.4 is 21.9 Å². The fraction of sp³-hybridized carbons (Fsp3) is 0.238. The molecule has 32 heavy (non-hydrogen) atoms. The van der Waals surface area contributed by atoms with Gasteiger partial charge in [0.2, 0.25) is 5.95 Å². The maximum Gasteiger partial charge on any atom is 0.326 e. The van der Waals surface area contributed by atoms with E-state index in [-0.39, 0.29) is 30.0 Å². The first kappa shape index (κ1) is 22.2. The lowest BCUT2D eigenvalue weighted by molar-refractivity contribution is -0.139. The lowest BCUT2D eigenvalue weighted by Crippen LogP contribution is -2.40. The number of nitrogen functional groups attached to an aromatic ring is 1. The molecule has 0 spiro atoms. The van der Waals surface area contributed by atoms with Crippen molar-refractivity contribution in [1.82, 2.24) is 25.3 Å². The molecule has 1 aromatic carbocycles. The Bertz CT molecular complexity index is 1230. The third-order valence-corrected chi connectivity index (χ3v) is 4.52. The van der Waals surface area contributed by atoms with Gasteiger partial charge in [0.1, 0.15) is 6.04 Å². The number of H-pyrrole nitrogens is 1. The monoisotopic (exact) mass is 435 g/mol. The number of anilines is 2. The largest absolute Gasteiger partial charge is 0.480 e. The molecule has 2 aromatic heterocycles. The van der Waals surface area contributed by atoms with Crippen molar-refractivity contribution in [2.24, 2.45) is 0 Å². The van der Waals surface area contributed by atoms with Gasteiger partial charge in [0.05, 0.1) is 11.9 Å². The average molecular weight is 435 g/mol. The molecule has 0 saturated heterocycles. The zero-order chi connectivity index (χ0) is 23.1. The highest BCUT2D eigenvalue weighted by molar-refractivity contribution is 5.96. The summed E-state index contributed by atoms with van der Waals surface area (Å²) in [5, 5.41) is 14.8. The molecule has 0 aliphatic heterocycles. The number of benzene rings is 1. The highest BCUT2D eigenvalue weighted by Gasteiger charge is 2.19. The van der Waals surface area contributed by atoms with Gasteiger partial charge in [-0.2, -0.15) is 4.98 Å². The molecule has 0 fully saturated rings. The number of rotatable bonds is 9. The van der Waals surface area contributed by atoms with Crippen molar-refractivity contribution in [2.45, 2.75) is 25.3 Å². The summed E-state index contributed by atoms with van der Waals surface area (Å²) in [6, 6.07) is 5.54. The van der Waals surface area contributed by atoms with Crippen molar-refractivity contribution in [2.75, 3.05) is 17.6 Å². The van der Waals surface area contributed by atoms with Crippen LogP contribution >= 0.6 is 0 Å². The predicted molar refractivity (Wildman–Crippen MR) is 118 cm³/mol. The summed E-state index contributed by atoms with van der Waals surface area (Å²) in [6.07, 6.45) is 7.58. The first-order valence-electron chi connectivity index (χ1n) is 9.70. The number of hydrogen-bond acceptors (Lipinski definition) is 8. The molecule has 1 amide bonds. The first-order valence-corrected chi connectivity index (χ1v) is 9.70. The number of nitrogens with one attached hydrogen (secondary N) is 3. The minimum atomic E-state index is -1.13. The summed E-state index contributed by atoms with van der Waals surface area (Å²) >= 11 is 0. The minimum Gasteiger partial charge on any atom is -0.480 e. The lowest BCUT2D eigenvalue weighted by atomic mass is 10.1. The summed E-state index contributed by atoms with van der Waals surface area (Å²) in [5.74, 6) is 0.715. The number of carbonyl (C=O) groups excluding carboxylic acids is 1. The molecular formula is C21H21N7O4. The molecule has 164 valence electrons. The van der Waals surface area contributed by atoms with E-state index in [4.69, 9.17) is 12.2 Å². The second-order valence-electron chi connectivity index (χ2n) is 6.85. The molecule has 3 aromatic rings. The van der Waals surface area contributed by atoms with Crippen LogP contribution in [0.5, 0.6) is 0 Å². The summed E-state index contributed by atoms with van der Waals surface area (Å²) in [4.78, 5) is 50.1. The third kappa shape index (κ3) is 5.57. The number of aromatic nitrogens is 4. The SMILES string of the molecule is C#CCC[C@H](NC(=O)c1ccc(NCCc2cnc3nc(N)[nH]c(=O)c3n2)cc1)C(=O)O. The standard InChI is InChI=1S/C21H21N7O4/c1-2-3-4-15(20(31)32)26-18(29)12-5-7-13(8-6-12)23-10-9-14-11-24-17-16(25-14)19(30)28-21(22)27-17/h1,5-8,11,15,23H,3-4,9-10H2,(H,26,29)(H,31,32)(H3,22,24,27,28,30)/t15-/m0/s1. The number of terminal acetylenes is 1. The van der Waals surface area contributed by atoms with E-state index in [0.29, 0.717) is 24.2 Å². The van der Waals surface area contributed by atoms with Crippen molar-refractivity contribution >= 4 is 34.7 Å². The van der Waals surface area contributed by atoms with Gasteiger partial charge < -0.3 is 21.5 Å². The van der Waals surface area contributed by atoms with Crippen LogP contribution in [-0.4, -0.2) is 49.5 Å². The number of carboxylic acids is 1. The first-order chi connectivity index (χ1) is 15.4. The quantitative estimate of drug-likeness (QED) is 0.300. The van der Waals surface area contributed by atoms with Crippen LogP contribution in [0.15, 0.2) is 35.3 Å². The number of fused-ring (bicyclic) bond motifs is 1. The molecule has 0 aliphatic rings. The number of aromatic amines is 1. The van der Waals surface area contributed by atoms with Crippen LogP contribution in [0.25, 0.3) is 11.2 Å². The summed E-state index contributed by atoms with van der Waals surface area (Å²) < 4.78 is 0. The van der Waals surface area contributed by atoms with E-state index >= 15 is 0 Å². The molecule has 2 heterocycles. The van der Waals surface area contributed by atoms with E-state index in [9.17, 15) is 19.5 Å². The maximum absolute atomic E-state index is 12.3. The summed E-state index contributed by atoms with van der Waals surface area (Å²) in [6.45, 7) is 0.499. The number of hydrogen-bond donors (Lipinski definition) is 5. The van der Waals surface area contributed by atoms with Gasteiger partial charge in [-0.1, -0.05) is 0 Å². The Kier molecular flexibility index (Phi) is 6.97. The smallest absolute Gasteiger partial charge is 0.326 e. The number of nitrogens with zero attached hydrogens (tertiary/aromatic N) is 3. The van der Waals surface area contributed by atoms with Gasteiger partial charge in [0.25, 0.3) is 11.5 Å². The molecule has 0 radical (unpaired) electrons. The molecule has 1 atom stereocenters. The molecule has 3 rings (SSSR count). The third-order valence-electron chi connectivity index (χ3n) is 4.52. The van der Waals surface area contributed by atoms with Gasteiger partial charge in [-0.25, -0.2) is 14.8 Å². The maximum atomic E-state index is 12.3. The Labute approximate surface area is 182 Å². The Morgan fingerprint density at radius 1 is 1.25 bits per heavy atom. The Hall–Kier alpha value is -4.46. The summed E-state index contributed by atoms with van der Waals surface area (Å²) in [7, 11) is 0. The molecular weight excluding hydrogens is 414 g/mol. The minimum absolute atomic E-state index is 0.0191. The number of amides is 1. The molecule has 11 nitrogen and oxygen atoms in total. The number of aliphatic carboxylic acids is 1. The van der Waals surface area contributed by atoms with Crippen LogP contribution in [0.3, 0.4) is 0 Å². The van der Waals surface area contributed by atoms with Crippen molar-refractivity contribution < 1.29 is 14.7 Å². The van der Waals surface area contributed by atoms with Crippen molar-refractivity contribution in [1.29, 1.82) is 0 Å². The fourth-order valence-corrected chi connectivity index (χ4v) is 2.89. The van der Waals surface area contributed by atoms with Gasteiger partial charge in [0.15, 0.2) is 11.2 Å². The van der Waals surface area contributed by atoms with Gasteiger partial charge in [-0.3, -0.25) is 14.6 Å². The molecule has 0 saturated carbocycles. The van der Waals surface area contributed by atoms with E-state index in [0.717, 1.165) is 5.69 Å². The number of carbonyl (C=O) groups is 2. The van der Waals surface area contributed by atoms with Crippen LogP contribution in [0.2, 0.25) is 0 Å². The highest BCUT2D eigenvalue weighted by Crippen LogP contribution is 2.11. The molecule has 6 N–H and O–H groups in total. The van der Waals surface area contributed by atoms with E-state index in [2.05, 4.69) is 36.5 Å². The van der Waals surface area contributed by atoms with Gasteiger partial charge in [-0.15, -0.1) is 12.3 Å². The Balaban J connectivity index is 1.56. The van der Waals surface area contributed by atoms with Crippen LogP contribution in [0.4, 0.5) is 11.6 Å². The molecule has 0 bridgehead atoms. The Morgan fingerprint density at radius 2 is 2.00 bits per heavy atom. The van der Waals surface area contributed by atoms with Gasteiger partial charge >= 0.3 is 5.97 Å². The molecule has 0 unspecified atom stereocenters. The Morgan fingerprint density at radius 3 is 2.69 bits per heavy atom. The molecule has 0 aliphatic carbocycles. The fourth-order valence-electron chi connectivity index (χ4n) is 2.89. The van der Waals surface area contributed by atoms with Crippen molar-refractivity contribution in [3.63, 3.8) is 0 Å². The van der Waals surface area contributed by atoms with E-state index in [1.165, 1.54) is 6.20 Å². The van der Waals surface area contributed by atoms with Gasteiger partial charge in [0, 0.05) is 30.6 Å². The second kappa shape index (κ2) is 10.0. The molecule has 11 heteroatoms. The number of nitrogens with two attached hydrogens (primary N) is 1. The van der Waals surface area contributed by atoms with Crippen LogP contribution in [-0.2, 0) is 11.2 Å². The zero-order valence-corrected chi connectivity index (χ0v) is 17.0. The second-order valence-corrected chi connectivity index (χ2v) is 6.85. The normalized spacial score (nSPS) is 11.5. The lowest BCUT2D eigenvalue weighted by Gasteiger charge is -2.13. The highest BCUT2D eigenvalue weighted by atomic mass is 16.4. The van der Waals surface area contributed by atoms with Crippen LogP contribution in [0.1, 0.15) is 28.9 Å². The topological polar surface area (TPSA) is 176 Å². The van der Waals surface area contributed by atoms with Crippen LogP contribution in [0, 0.1) is 12.3 Å². The van der Waals surface area contributed by atoms with E-state index in [1.807, 2.05) is 0 Å². The van der Waals surface area contributed by atoms with Crippen molar-refractivity contribution in [3.8, 4) is 12.3 Å². The van der Waals surface area contributed by atoms with Crippen molar-refractivity contribution in [3.05, 3.63) is 52.1 Å². The van der Waals surface area contributed by atoms with E-state index in [1.54, 1.807) is 24.3 Å². The number of carboxylic acid groups (broad SMARTS) is 1. The van der Waals surface area contributed by atoms with E-state index < -0.39 is 23.5 Å². The zero-order valence-electron chi connectivity index (χ0n) is 17.0. The van der Waals surface area contributed by atoms with Gasteiger partial charge in [-0.05, 0) is 30.7 Å².